The lowest BCUT2D eigenvalue weighted by Crippen LogP contribution is -2.21. The number of nitrogen functional groups attached to an aromatic ring is 1. The highest BCUT2D eigenvalue weighted by Gasteiger charge is 2.15. The van der Waals surface area contributed by atoms with Crippen molar-refractivity contribution in [1.29, 1.82) is 0 Å². The molecule has 0 aromatic carbocycles. The molecule has 0 fully saturated rings. The van der Waals surface area contributed by atoms with E-state index in [1.165, 1.54) is 0 Å². The first-order valence-corrected chi connectivity index (χ1v) is 6.05. The Labute approximate surface area is 107 Å². The summed E-state index contributed by atoms with van der Waals surface area (Å²) in [6, 6.07) is 5.90. The third-order valence-corrected chi connectivity index (χ3v) is 2.95. The molecule has 5 nitrogen and oxygen atoms in total. The number of pyridine rings is 1. The first-order chi connectivity index (χ1) is 8.63. The molecule has 0 aliphatic rings. The summed E-state index contributed by atoms with van der Waals surface area (Å²) in [5.41, 5.74) is 8.84. The van der Waals surface area contributed by atoms with Crippen LogP contribution in [0.25, 0.3) is 0 Å². The van der Waals surface area contributed by atoms with E-state index in [1.54, 1.807) is 6.20 Å². The number of rotatable bonds is 4. The molecule has 2 rings (SSSR count). The molecule has 0 aliphatic heterocycles. The third kappa shape index (κ3) is 2.30. The molecule has 0 saturated carbocycles. The van der Waals surface area contributed by atoms with Crippen molar-refractivity contribution in [3.8, 4) is 0 Å². The summed E-state index contributed by atoms with van der Waals surface area (Å²) in [6.07, 6.45) is 2.64. The fraction of sp³-hybridized carbons (Fsp3) is 0.385. The molecule has 0 atom stereocenters. The monoisotopic (exact) mass is 245 g/mol. The molecule has 2 aromatic rings. The van der Waals surface area contributed by atoms with Gasteiger partial charge in [-0.05, 0) is 18.6 Å². The highest BCUT2D eigenvalue weighted by atomic mass is 15.4. The van der Waals surface area contributed by atoms with Gasteiger partial charge in [-0.25, -0.2) is 0 Å². The fourth-order valence-electron chi connectivity index (χ4n) is 2.11. The summed E-state index contributed by atoms with van der Waals surface area (Å²) >= 11 is 0. The van der Waals surface area contributed by atoms with Gasteiger partial charge in [0.1, 0.15) is 0 Å². The summed E-state index contributed by atoms with van der Waals surface area (Å²) in [5.74, 6) is 0.942. The van der Waals surface area contributed by atoms with Gasteiger partial charge >= 0.3 is 0 Å². The third-order valence-electron chi connectivity index (χ3n) is 2.95. The maximum atomic E-state index is 6.12. The number of aryl methyl sites for hydroxylation is 2. The zero-order valence-corrected chi connectivity index (χ0v) is 11.1. The van der Waals surface area contributed by atoms with Crippen molar-refractivity contribution >= 4 is 11.5 Å². The van der Waals surface area contributed by atoms with E-state index < -0.39 is 0 Å². The molecule has 0 unspecified atom stereocenters. The minimum atomic E-state index is 0.716. The molecular formula is C13H19N5. The highest BCUT2D eigenvalue weighted by Crippen LogP contribution is 2.26. The van der Waals surface area contributed by atoms with Crippen LogP contribution in [0.3, 0.4) is 0 Å². The minimum Gasteiger partial charge on any atom is -0.394 e. The normalized spacial score (nSPS) is 10.6. The quantitative estimate of drug-likeness (QED) is 0.888. The lowest BCUT2D eigenvalue weighted by Gasteiger charge is -2.19. The molecule has 18 heavy (non-hydrogen) atoms. The number of nitrogens with zero attached hydrogens (tertiary/aromatic N) is 4. The van der Waals surface area contributed by atoms with E-state index in [2.05, 4.69) is 21.9 Å². The number of hydrogen-bond donors (Lipinski definition) is 1. The van der Waals surface area contributed by atoms with Crippen molar-refractivity contribution in [2.45, 2.75) is 19.9 Å². The maximum Gasteiger partial charge on any atom is 0.150 e. The average Bonchev–Trinajstić information content (AvgIpc) is 2.65. The predicted molar refractivity (Wildman–Crippen MR) is 73.3 cm³/mol. The second-order valence-corrected chi connectivity index (χ2v) is 4.34. The summed E-state index contributed by atoms with van der Waals surface area (Å²) in [5, 5.41) is 4.42. The van der Waals surface area contributed by atoms with Gasteiger partial charge < -0.3 is 10.6 Å². The van der Waals surface area contributed by atoms with E-state index in [9.17, 15) is 0 Å². The standard InChI is InChI=1S/C13H19N5/c1-4-11-12(14)13(18(3)16-11)17(2)9-10-7-5-6-8-15-10/h5-8H,4,9,14H2,1-3H3. The zero-order valence-electron chi connectivity index (χ0n) is 11.1. The van der Waals surface area contributed by atoms with Gasteiger partial charge in [-0.15, -0.1) is 0 Å². The Morgan fingerprint density at radius 1 is 1.39 bits per heavy atom. The van der Waals surface area contributed by atoms with Crippen LogP contribution in [-0.4, -0.2) is 21.8 Å². The first kappa shape index (κ1) is 12.4. The Bertz CT molecular complexity index is 518. The molecular weight excluding hydrogens is 226 g/mol. The topological polar surface area (TPSA) is 60.0 Å². The van der Waals surface area contributed by atoms with Crippen molar-refractivity contribution in [3.05, 3.63) is 35.8 Å². The molecule has 5 heteroatoms. The van der Waals surface area contributed by atoms with Crippen LogP contribution >= 0.6 is 0 Å². The van der Waals surface area contributed by atoms with Gasteiger partial charge in [0, 0.05) is 20.3 Å². The van der Waals surface area contributed by atoms with Crippen molar-refractivity contribution in [2.24, 2.45) is 7.05 Å². The Kier molecular flexibility index (Phi) is 3.50. The first-order valence-electron chi connectivity index (χ1n) is 6.05. The van der Waals surface area contributed by atoms with Crippen LogP contribution in [0.1, 0.15) is 18.3 Å². The molecule has 0 aliphatic carbocycles. The lowest BCUT2D eigenvalue weighted by atomic mass is 10.3. The van der Waals surface area contributed by atoms with Gasteiger partial charge in [0.2, 0.25) is 0 Å². The molecule has 0 amide bonds. The largest absolute Gasteiger partial charge is 0.394 e. The van der Waals surface area contributed by atoms with Crippen LogP contribution < -0.4 is 10.6 Å². The summed E-state index contributed by atoms with van der Waals surface area (Å²) < 4.78 is 1.83. The summed E-state index contributed by atoms with van der Waals surface area (Å²) in [7, 11) is 3.92. The van der Waals surface area contributed by atoms with Crippen LogP contribution in [0.5, 0.6) is 0 Å². The molecule has 2 aromatic heterocycles. The molecule has 0 saturated heterocycles. The van der Waals surface area contributed by atoms with Crippen LogP contribution in [0.15, 0.2) is 24.4 Å². The number of aromatic nitrogens is 3. The highest BCUT2D eigenvalue weighted by molar-refractivity contribution is 5.66. The Hall–Kier alpha value is -2.04. The van der Waals surface area contributed by atoms with Gasteiger partial charge in [0.05, 0.1) is 23.6 Å². The molecule has 96 valence electrons. The van der Waals surface area contributed by atoms with Crippen molar-refractivity contribution < 1.29 is 0 Å². The van der Waals surface area contributed by atoms with E-state index in [-0.39, 0.29) is 0 Å². The van der Waals surface area contributed by atoms with Crippen LogP contribution in [-0.2, 0) is 20.0 Å². The average molecular weight is 245 g/mol. The van der Waals surface area contributed by atoms with Gasteiger partial charge in [0.15, 0.2) is 5.82 Å². The van der Waals surface area contributed by atoms with E-state index in [0.29, 0.717) is 6.54 Å². The molecule has 0 radical (unpaired) electrons. The van der Waals surface area contributed by atoms with Crippen molar-refractivity contribution in [1.82, 2.24) is 14.8 Å². The predicted octanol–water partition coefficient (Wildman–Crippen LogP) is 1.60. The summed E-state index contributed by atoms with van der Waals surface area (Å²) in [6.45, 7) is 2.77. The van der Waals surface area contributed by atoms with Gasteiger partial charge in [-0.1, -0.05) is 13.0 Å². The molecule has 0 spiro atoms. The van der Waals surface area contributed by atoms with Crippen LogP contribution in [0, 0.1) is 0 Å². The van der Waals surface area contributed by atoms with Crippen molar-refractivity contribution in [2.75, 3.05) is 17.7 Å². The van der Waals surface area contributed by atoms with Gasteiger partial charge in [0.25, 0.3) is 0 Å². The zero-order chi connectivity index (χ0) is 13.1. The number of hydrogen-bond acceptors (Lipinski definition) is 4. The molecule has 0 bridgehead atoms. The van der Waals surface area contributed by atoms with E-state index in [4.69, 9.17) is 5.73 Å². The SMILES string of the molecule is CCc1nn(C)c(N(C)Cc2ccccn2)c1N. The maximum absolute atomic E-state index is 6.12. The summed E-state index contributed by atoms with van der Waals surface area (Å²) in [4.78, 5) is 6.39. The Morgan fingerprint density at radius 2 is 2.17 bits per heavy atom. The second kappa shape index (κ2) is 5.08. The van der Waals surface area contributed by atoms with Gasteiger partial charge in [-0.3, -0.25) is 9.67 Å². The van der Waals surface area contributed by atoms with E-state index in [0.717, 1.165) is 29.3 Å². The van der Waals surface area contributed by atoms with Crippen LogP contribution in [0.2, 0.25) is 0 Å². The molecule has 2 heterocycles. The number of nitrogens with two attached hydrogens (primary N) is 1. The second-order valence-electron chi connectivity index (χ2n) is 4.34. The number of anilines is 2. The molecule has 2 N–H and O–H groups in total. The van der Waals surface area contributed by atoms with Crippen molar-refractivity contribution in [3.63, 3.8) is 0 Å². The van der Waals surface area contributed by atoms with Gasteiger partial charge in [-0.2, -0.15) is 5.10 Å². The Balaban J connectivity index is 2.24. The lowest BCUT2D eigenvalue weighted by molar-refractivity contribution is 0.717. The van der Waals surface area contributed by atoms with E-state index >= 15 is 0 Å². The van der Waals surface area contributed by atoms with Crippen LogP contribution in [0.4, 0.5) is 11.5 Å². The minimum absolute atomic E-state index is 0.716. The smallest absolute Gasteiger partial charge is 0.150 e. The Morgan fingerprint density at radius 3 is 2.72 bits per heavy atom. The van der Waals surface area contributed by atoms with E-state index in [1.807, 2.05) is 37.0 Å². The fourth-order valence-corrected chi connectivity index (χ4v) is 2.11.